The summed E-state index contributed by atoms with van der Waals surface area (Å²) in [5.74, 6) is 0.0494. The van der Waals surface area contributed by atoms with Crippen LogP contribution in [0.2, 0.25) is 0 Å². The molecule has 27 heteroatoms. The maximum absolute atomic E-state index is 14.2. The fraction of sp³-hybridized carbons (Fsp3) is 0.164. The molecule has 0 saturated carbocycles. The van der Waals surface area contributed by atoms with Gasteiger partial charge in [0.05, 0.1) is 49.9 Å². The third kappa shape index (κ3) is 13.5. The highest BCUT2D eigenvalue weighted by molar-refractivity contribution is 7.20. The number of rotatable bonds is 8. The molecule has 7 aromatic carbocycles. The second-order valence-electron chi connectivity index (χ2n) is 18.3. The van der Waals surface area contributed by atoms with Gasteiger partial charge in [-0.3, -0.25) is 4.79 Å². The molecule has 0 aliphatic heterocycles. The van der Waals surface area contributed by atoms with E-state index < -0.39 is 195 Å². The number of carbonyl (C=O) groups is 1. The van der Waals surface area contributed by atoms with E-state index in [2.05, 4.69) is 18.2 Å². The number of pyridine rings is 1. The van der Waals surface area contributed by atoms with Gasteiger partial charge in [0, 0.05) is 17.2 Å². The predicted molar refractivity (Wildman–Crippen MR) is 250 cm³/mol. The molecule has 0 atom stereocenters. The number of ketones is 1. The lowest BCUT2D eigenvalue weighted by atomic mass is 9.12. The van der Waals surface area contributed by atoms with Crippen molar-refractivity contribution >= 4 is 44.6 Å². The van der Waals surface area contributed by atoms with Crippen LogP contribution in [0.15, 0.2) is 170 Å². The zero-order valence-electron chi connectivity index (χ0n) is 40.4. The first-order chi connectivity index (χ1) is 37.6. The van der Waals surface area contributed by atoms with Gasteiger partial charge in [0.2, 0.25) is 0 Å². The number of hydrogen-bond acceptors (Lipinski definition) is 1. The topological polar surface area (TPSA) is 20.9 Å². The number of aromatic nitrogens is 1. The van der Waals surface area contributed by atoms with Crippen molar-refractivity contribution in [1.82, 2.24) is 0 Å². The summed E-state index contributed by atoms with van der Waals surface area (Å²) in [5.41, 5.74) is -27.6. The number of carbonyl (C=O) groups excluding carboxylic acids is 1. The van der Waals surface area contributed by atoms with Crippen molar-refractivity contribution in [3.63, 3.8) is 0 Å². The number of alkyl halides is 24. The number of hydrogen-bond donors (Lipinski definition) is 0. The van der Waals surface area contributed by atoms with Crippen LogP contribution in [0.3, 0.4) is 0 Å². The van der Waals surface area contributed by atoms with E-state index >= 15 is 0 Å². The molecule has 0 aliphatic rings. The molecule has 0 unspecified atom stereocenters. The molecule has 0 radical (unpaired) electrons. The summed E-state index contributed by atoms with van der Waals surface area (Å²) in [7, 11) is 0. The van der Waals surface area contributed by atoms with Gasteiger partial charge in [-0.2, -0.15) is 132 Å². The van der Waals surface area contributed by atoms with E-state index in [-0.39, 0.29) is 5.78 Å². The molecule has 0 amide bonds. The second kappa shape index (κ2) is 21.7. The van der Waals surface area contributed by atoms with Gasteiger partial charge in [-0.25, -0.2) is 0 Å². The van der Waals surface area contributed by atoms with Crippen LogP contribution in [-0.2, 0) is 56.0 Å². The maximum atomic E-state index is 14.2. The fourth-order valence-electron chi connectivity index (χ4n) is 9.22. The summed E-state index contributed by atoms with van der Waals surface area (Å²) in [6, 6.07) is 21.0. The molecule has 82 heavy (non-hydrogen) atoms. The van der Waals surface area contributed by atoms with E-state index in [4.69, 9.17) is 0 Å². The van der Waals surface area contributed by atoms with Crippen LogP contribution < -0.4 is 26.4 Å². The third-order valence-electron chi connectivity index (χ3n) is 12.8. The maximum Gasteiger partial charge on any atom is 0.416 e. The largest absolute Gasteiger partial charge is 0.416 e. The van der Waals surface area contributed by atoms with Crippen LogP contribution in [0.5, 0.6) is 0 Å². The van der Waals surface area contributed by atoms with Crippen LogP contribution in [-0.4, -0.2) is 11.9 Å². The van der Waals surface area contributed by atoms with Crippen molar-refractivity contribution in [1.29, 1.82) is 0 Å². The van der Waals surface area contributed by atoms with Gasteiger partial charge in [-0.1, -0.05) is 127 Å². The molecule has 8 aromatic rings. The molecule has 0 N–H and O–H groups in total. The Kier molecular flexibility index (Phi) is 16.3. The van der Waals surface area contributed by atoms with E-state index in [0.29, 0.717) is 12.1 Å². The van der Waals surface area contributed by atoms with Gasteiger partial charge in [0.25, 0.3) is 11.5 Å². The van der Waals surface area contributed by atoms with Gasteiger partial charge in [0.1, 0.15) is 6.15 Å². The van der Waals surface area contributed by atoms with Crippen LogP contribution in [0.1, 0.15) is 66.1 Å². The van der Waals surface area contributed by atoms with Crippen LogP contribution in [0.4, 0.5) is 105 Å². The van der Waals surface area contributed by atoms with Gasteiger partial charge < -0.3 is 0 Å². The standard InChI is InChI=1S/C32H12BF24.C23H18NO/c34-25(35,36)13-1-14(26(37,38)39)6-21(5-13)33(22-7-15(27(40,41)42)2-16(8-22)28(43,44)45,23-9-17(29(46,47)48)3-18(10-23)30(49,50)51)24-11-19(31(52,53)54)4-20(12-24)32(55,56)57;25-23(20-12-5-2-6-13-20)22-21-14-8-7-11-19(21)15-16-24(22)17-18-9-3-1-4-10-18/h1-12H;1-16H,17H2/q-1;+1. The molecule has 0 saturated heterocycles. The normalized spacial score (nSPS) is 13.2. The molecule has 1 aromatic heterocycles. The van der Waals surface area contributed by atoms with Gasteiger partial charge in [-0.15, -0.1) is 0 Å². The number of fused-ring (bicyclic) bond motifs is 1. The summed E-state index contributed by atoms with van der Waals surface area (Å²) >= 11 is 0. The Morgan fingerprint density at radius 1 is 0.329 bits per heavy atom. The van der Waals surface area contributed by atoms with Gasteiger partial charge >= 0.3 is 49.4 Å². The molecular weight excluding hydrogens is 1160 g/mol. The van der Waals surface area contributed by atoms with Crippen molar-refractivity contribution in [3.8, 4) is 0 Å². The third-order valence-corrected chi connectivity index (χ3v) is 12.8. The number of nitrogens with zero attached hydrogens (tertiary/aromatic N) is 1. The lowest BCUT2D eigenvalue weighted by Crippen LogP contribution is -2.75. The molecule has 2 nitrogen and oxygen atoms in total. The Morgan fingerprint density at radius 3 is 0.890 bits per heavy atom. The second-order valence-corrected chi connectivity index (χ2v) is 18.3. The Labute approximate surface area is 445 Å². The highest BCUT2D eigenvalue weighted by Gasteiger charge is 2.47. The Bertz CT molecular complexity index is 3190. The van der Waals surface area contributed by atoms with E-state index in [9.17, 15) is 110 Å². The van der Waals surface area contributed by atoms with E-state index in [1.807, 2.05) is 83.6 Å². The van der Waals surface area contributed by atoms with Crippen molar-refractivity contribution in [2.24, 2.45) is 0 Å². The summed E-state index contributed by atoms with van der Waals surface area (Å²) in [5, 5.41) is 2.06. The average molecular weight is 1190 g/mol. The minimum Gasteiger partial charge on any atom is -0.282 e. The summed E-state index contributed by atoms with van der Waals surface area (Å²) < 4.78 is 343. The SMILES string of the molecule is FC(F)(F)c1cc([B-](c2cc(C(F)(F)F)cc(C(F)(F)F)c2)(c2cc(C(F)(F)F)cc(C(F)(F)F)c2)c2cc(C(F)(F)F)cc(C(F)(F)F)c2)cc(C(F)(F)F)c1.O=C(c1ccccc1)c1c2ccccc2cc[n+]1Cc1ccccc1. The molecule has 0 fully saturated rings. The summed E-state index contributed by atoms with van der Waals surface area (Å²) in [6.45, 7) is 0.666. The fourth-order valence-corrected chi connectivity index (χ4v) is 9.22. The monoisotopic (exact) mass is 1190 g/mol. The quantitative estimate of drug-likeness (QED) is 0.0643. The Balaban J connectivity index is 0.000000318. The Morgan fingerprint density at radius 2 is 0.598 bits per heavy atom. The lowest BCUT2D eigenvalue weighted by molar-refractivity contribution is -0.688. The van der Waals surface area contributed by atoms with Crippen LogP contribution in [0, 0.1) is 0 Å². The molecule has 1 heterocycles. The first kappa shape index (κ1) is 61.6. The van der Waals surface area contributed by atoms with Crippen molar-refractivity contribution in [2.45, 2.75) is 56.0 Å². The van der Waals surface area contributed by atoms with Crippen molar-refractivity contribution in [2.75, 3.05) is 0 Å². The Hall–Kier alpha value is -8.00. The molecule has 432 valence electrons. The number of halogens is 24. The summed E-state index contributed by atoms with van der Waals surface area (Å²) in [4.78, 5) is 13.3. The molecule has 0 spiro atoms. The van der Waals surface area contributed by atoms with Crippen LogP contribution in [0.25, 0.3) is 10.8 Å². The lowest BCUT2D eigenvalue weighted by Gasteiger charge is -2.46. The van der Waals surface area contributed by atoms with Crippen molar-refractivity contribution in [3.05, 3.63) is 231 Å². The molecule has 0 aliphatic carbocycles. The predicted octanol–water partition coefficient (Wildman–Crippen LogP) is 15.6. The molecule has 0 bridgehead atoms. The molecular formula is C55H30BF24NO. The minimum atomic E-state index is -6.13. The molecule has 8 rings (SSSR count). The van der Waals surface area contributed by atoms with Gasteiger partial charge in [0.15, 0.2) is 12.7 Å². The average Bonchev–Trinajstić information content (AvgIpc) is 3.37. The first-order valence-electron chi connectivity index (χ1n) is 23.0. The number of benzene rings is 7. The highest BCUT2D eigenvalue weighted by Crippen LogP contribution is 2.41. The van der Waals surface area contributed by atoms with E-state index in [1.54, 1.807) is 0 Å². The zero-order valence-corrected chi connectivity index (χ0v) is 40.4. The zero-order chi connectivity index (χ0) is 61.0. The van der Waals surface area contributed by atoms with Crippen molar-refractivity contribution < 1.29 is 115 Å². The van der Waals surface area contributed by atoms with Crippen LogP contribution >= 0.6 is 0 Å². The smallest absolute Gasteiger partial charge is 0.282 e. The van der Waals surface area contributed by atoms with E-state index in [0.717, 1.165) is 16.5 Å². The highest BCUT2D eigenvalue weighted by atomic mass is 19.4. The van der Waals surface area contributed by atoms with Gasteiger partial charge in [-0.05, 0) is 35.7 Å². The minimum absolute atomic E-state index is 0.0494. The first-order valence-corrected chi connectivity index (χ1v) is 23.0. The van der Waals surface area contributed by atoms with E-state index in [1.165, 1.54) is 5.56 Å². The summed E-state index contributed by atoms with van der Waals surface area (Å²) in [6.07, 6.45) is -52.8.